The summed E-state index contributed by atoms with van der Waals surface area (Å²) in [6.07, 6.45) is 0. The van der Waals surface area contributed by atoms with Gasteiger partial charge in [-0.25, -0.2) is 14.9 Å². The Labute approximate surface area is 85.6 Å². The van der Waals surface area contributed by atoms with E-state index in [0.717, 1.165) is 0 Å². The second-order valence-electron chi connectivity index (χ2n) is 2.90. The van der Waals surface area contributed by atoms with Crippen LogP contribution < -0.4 is 4.83 Å². The van der Waals surface area contributed by atoms with Gasteiger partial charge in [0.2, 0.25) is 0 Å². The highest BCUT2D eigenvalue weighted by Gasteiger charge is 2.28. The Hall–Kier alpha value is -0.760. The molecule has 0 aromatic carbocycles. The molecule has 1 fully saturated rings. The van der Waals surface area contributed by atoms with Gasteiger partial charge in [-0.3, -0.25) is 0 Å². The van der Waals surface area contributed by atoms with E-state index in [9.17, 15) is 4.79 Å². The number of carboxylic acids is 1. The predicted molar refractivity (Wildman–Crippen MR) is 50.7 cm³/mol. The number of aliphatic carboxylic acids is 1. The number of rotatable bonds is 2. The van der Waals surface area contributed by atoms with Crippen molar-refractivity contribution in [2.24, 2.45) is 0 Å². The molecule has 0 bridgehead atoms. The maximum Gasteiger partial charge on any atom is 0.355 e. The van der Waals surface area contributed by atoms with Crippen LogP contribution in [0, 0.1) is 0 Å². The minimum absolute atomic E-state index is 0.261. The first-order chi connectivity index (χ1) is 6.79. The van der Waals surface area contributed by atoms with E-state index >= 15 is 0 Å². The van der Waals surface area contributed by atoms with E-state index in [4.69, 9.17) is 9.84 Å². The highest BCUT2D eigenvalue weighted by atomic mass is 32.2. The first kappa shape index (κ1) is 9.78. The molecule has 0 spiro atoms. The molecular formula is C7H11N3O3S. The van der Waals surface area contributed by atoms with Gasteiger partial charge in [-0.2, -0.15) is 4.83 Å². The molecule has 2 N–H and O–H groups in total. The molecule has 0 saturated carbocycles. The van der Waals surface area contributed by atoms with E-state index in [1.165, 1.54) is 11.9 Å². The molecule has 0 aliphatic carbocycles. The van der Waals surface area contributed by atoms with Crippen LogP contribution in [0.5, 0.6) is 0 Å². The predicted octanol–water partition coefficient (Wildman–Crippen LogP) is -0.372. The van der Waals surface area contributed by atoms with Crippen molar-refractivity contribution in [3.63, 3.8) is 0 Å². The lowest BCUT2D eigenvalue weighted by atomic mass is 10.4. The minimum atomic E-state index is -0.922. The van der Waals surface area contributed by atoms with Crippen LogP contribution in [0.25, 0.3) is 0 Å². The van der Waals surface area contributed by atoms with Crippen molar-refractivity contribution in [3.05, 3.63) is 11.1 Å². The van der Waals surface area contributed by atoms with Gasteiger partial charge in [0.15, 0.2) is 5.70 Å². The van der Waals surface area contributed by atoms with Gasteiger partial charge in [0.25, 0.3) is 0 Å². The first-order valence-corrected chi connectivity index (χ1v) is 5.14. The van der Waals surface area contributed by atoms with Gasteiger partial charge in [-0.15, -0.1) is 0 Å². The van der Waals surface area contributed by atoms with Gasteiger partial charge in [0, 0.05) is 18.5 Å². The second kappa shape index (κ2) is 4.18. The maximum atomic E-state index is 10.8. The fourth-order valence-electron chi connectivity index (χ4n) is 1.34. The number of nitrogens with zero attached hydrogens (tertiary/aromatic N) is 2. The van der Waals surface area contributed by atoms with Crippen molar-refractivity contribution in [1.29, 1.82) is 0 Å². The summed E-state index contributed by atoms with van der Waals surface area (Å²) in [5.74, 6) is -0.922. The molecule has 0 unspecified atom stereocenters. The van der Waals surface area contributed by atoms with E-state index in [1.54, 1.807) is 10.5 Å². The van der Waals surface area contributed by atoms with E-state index < -0.39 is 5.97 Å². The summed E-state index contributed by atoms with van der Waals surface area (Å²) >= 11 is 1.26. The zero-order valence-corrected chi connectivity index (χ0v) is 8.29. The Morgan fingerprint density at radius 3 is 2.93 bits per heavy atom. The lowest BCUT2D eigenvalue weighted by molar-refractivity contribution is -0.141. The Morgan fingerprint density at radius 1 is 1.57 bits per heavy atom. The Morgan fingerprint density at radius 2 is 2.29 bits per heavy atom. The topological polar surface area (TPSA) is 65.0 Å². The van der Waals surface area contributed by atoms with Crippen molar-refractivity contribution in [3.8, 4) is 0 Å². The lowest BCUT2D eigenvalue weighted by Crippen LogP contribution is -2.51. The van der Waals surface area contributed by atoms with Crippen LogP contribution in [0.2, 0.25) is 0 Å². The number of hydrazine groups is 2. The SMILES string of the molecule is O=C(O)C1=CSNN1N1CCOCC1. The van der Waals surface area contributed by atoms with Crippen molar-refractivity contribution < 1.29 is 14.6 Å². The maximum absolute atomic E-state index is 10.8. The molecule has 0 aromatic heterocycles. The quantitative estimate of drug-likeness (QED) is 0.612. The van der Waals surface area contributed by atoms with Gasteiger partial charge in [-0.05, 0) is 11.9 Å². The first-order valence-electron chi connectivity index (χ1n) is 4.26. The molecule has 1 saturated heterocycles. The number of hydrogen-bond acceptors (Lipinski definition) is 6. The zero-order valence-electron chi connectivity index (χ0n) is 7.47. The van der Waals surface area contributed by atoms with E-state index in [1.807, 2.05) is 5.01 Å². The van der Waals surface area contributed by atoms with Crippen LogP contribution in [0.4, 0.5) is 0 Å². The normalized spacial score (nSPS) is 23.7. The lowest BCUT2D eigenvalue weighted by Gasteiger charge is -2.35. The molecular weight excluding hydrogens is 206 g/mol. The van der Waals surface area contributed by atoms with Crippen molar-refractivity contribution in [1.82, 2.24) is 15.0 Å². The second-order valence-corrected chi connectivity index (χ2v) is 3.55. The molecule has 2 aliphatic heterocycles. The summed E-state index contributed by atoms with van der Waals surface area (Å²) in [7, 11) is 0. The number of carboxylic acid groups (broad SMARTS) is 1. The zero-order chi connectivity index (χ0) is 9.97. The highest BCUT2D eigenvalue weighted by Crippen LogP contribution is 2.20. The molecule has 2 heterocycles. The fraction of sp³-hybridized carbons (Fsp3) is 0.571. The van der Waals surface area contributed by atoms with Crippen LogP contribution in [0.15, 0.2) is 11.1 Å². The molecule has 0 atom stereocenters. The average Bonchev–Trinajstić information content (AvgIpc) is 2.67. The van der Waals surface area contributed by atoms with Crippen LogP contribution in [0.3, 0.4) is 0 Å². The highest BCUT2D eigenvalue weighted by molar-refractivity contribution is 8.00. The standard InChI is InChI=1S/C7H11N3O3S/c11-7(12)6-5-14-8-10(6)9-1-3-13-4-2-9/h5,8H,1-4H2,(H,11,12). The van der Waals surface area contributed by atoms with Crippen LogP contribution >= 0.6 is 11.9 Å². The summed E-state index contributed by atoms with van der Waals surface area (Å²) in [5, 5.41) is 14.0. The Kier molecular flexibility index (Phi) is 2.92. The Balaban J connectivity index is 2.02. The smallest absolute Gasteiger partial charge is 0.355 e. The molecule has 0 radical (unpaired) electrons. The third kappa shape index (κ3) is 1.85. The number of hydrogen-bond donors (Lipinski definition) is 2. The minimum Gasteiger partial charge on any atom is -0.476 e. The van der Waals surface area contributed by atoms with Gasteiger partial charge < -0.3 is 9.84 Å². The van der Waals surface area contributed by atoms with Gasteiger partial charge in [0.05, 0.1) is 13.2 Å². The fourth-order valence-corrected chi connectivity index (χ4v) is 2.01. The van der Waals surface area contributed by atoms with E-state index in [0.29, 0.717) is 26.3 Å². The van der Waals surface area contributed by atoms with Gasteiger partial charge in [-0.1, -0.05) is 0 Å². The summed E-state index contributed by atoms with van der Waals surface area (Å²) in [6, 6.07) is 0. The van der Waals surface area contributed by atoms with Crippen LogP contribution in [-0.2, 0) is 9.53 Å². The number of carbonyl (C=O) groups is 1. The summed E-state index contributed by atoms with van der Waals surface area (Å²) in [5.41, 5.74) is 0.261. The van der Waals surface area contributed by atoms with Crippen LogP contribution in [-0.4, -0.2) is 47.5 Å². The van der Waals surface area contributed by atoms with E-state index in [-0.39, 0.29) is 5.70 Å². The van der Waals surface area contributed by atoms with Crippen molar-refractivity contribution in [2.75, 3.05) is 26.3 Å². The third-order valence-electron chi connectivity index (χ3n) is 2.03. The molecule has 6 nitrogen and oxygen atoms in total. The van der Waals surface area contributed by atoms with Gasteiger partial charge >= 0.3 is 5.97 Å². The van der Waals surface area contributed by atoms with Crippen LogP contribution in [0.1, 0.15) is 0 Å². The third-order valence-corrected chi connectivity index (χ3v) is 2.65. The molecule has 2 aliphatic rings. The van der Waals surface area contributed by atoms with Crippen molar-refractivity contribution in [2.45, 2.75) is 0 Å². The molecule has 0 amide bonds. The molecule has 2 rings (SSSR count). The Bertz CT molecular complexity index is 265. The summed E-state index contributed by atoms with van der Waals surface area (Å²) in [6.45, 7) is 2.68. The summed E-state index contributed by atoms with van der Waals surface area (Å²) in [4.78, 5) is 13.7. The number of nitrogens with one attached hydrogen (secondary N) is 1. The molecule has 0 aromatic rings. The number of ether oxygens (including phenoxy) is 1. The molecule has 14 heavy (non-hydrogen) atoms. The molecule has 7 heteroatoms. The largest absolute Gasteiger partial charge is 0.476 e. The number of morpholine rings is 1. The van der Waals surface area contributed by atoms with Gasteiger partial charge in [0.1, 0.15) is 0 Å². The van der Waals surface area contributed by atoms with Crippen molar-refractivity contribution >= 4 is 17.9 Å². The average molecular weight is 217 g/mol. The van der Waals surface area contributed by atoms with E-state index in [2.05, 4.69) is 4.83 Å². The molecule has 78 valence electrons. The summed E-state index contributed by atoms with van der Waals surface area (Å²) < 4.78 is 5.19. The monoisotopic (exact) mass is 217 g/mol.